The molecule has 2 bridgehead atoms. The highest BCUT2D eigenvalue weighted by atomic mass is 16.6. The van der Waals surface area contributed by atoms with Crippen molar-refractivity contribution in [2.45, 2.75) is 31.5 Å². The first-order valence-electron chi connectivity index (χ1n) is 6.41. The largest absolute Gasteiger partial charge is 0.445 e. The lowest BCUT2D eigenvalue weighted by Gasteiger charge is -2.30. The van der Waals surface area contributed by atoms with Crippen molar-refractivity contribution in [1.82, 2.24) is 4.90 Å². The number of hydrogen-bond donors (Lipinski definition) is 0. The molecule has 2 aliphatic rings. The lowest BCUT2D eigenvalue weighted by atomic mass is 10.2. The van der Waals surface area contributed by atoms with Gasteiger partial charge >= 0.3 is 18.0 Å². The molecule has 2 unspecified atom stereocenters. The topological polar surface area (TPSA) is 72.9 Å². The third-order valence-corrected chi connectivity index (χ3v) is 3.55. The number of fused-ring (bicyclic) bond motifs is 2. The number of amides is 1. The van der Waals surface area contributed by atoms with Crippen LogP contribution >= 0.6 is 0 Å². The van der Waals surface area contributed by atoms with Crippen molar-refractivity contribution >= 4 is 18.0 Å². The summed E-state index contributed by atoms with van der Waals surface area (Å²) >= 11 is 0. The van der Waals surface area contributed by atoms with Crippen LogP contribution in [0.2, 0.25) is 0 Å². The molecule has 0 radical (unpaired) electrons. The first-order valence-corrected chi connectivity index (χ1v) is 6.41. The summed E-state index contributed by atoms with van der Waals surface area (Å²) in [6.07, 6.45) is 0.233. The predicted octanol–water partition coefficient (Wildman–Crippen LogP) is 1.24. The Hall–Kier alpha value is -2.37. The molecule has 2 saturated heterocycles. The third kappa shape index (κ3) is 2.13. The number of morpholine rings is 1. The predicted molar refractivity (Wildman–Crippen MR) is 66.4 cm³/mol. The number of nitrogens with zero attached hydrogens (tertiary/aromatic N) is 1. The Labute approximate surface area is 115 Å². The zero-order valence-corrected chi connectivity index (χ0v) is 10.7. The summed E-state index contributed by atoms with van der Waals surface area (Å²) in [5, 5.41) is 0. The molecule has 0 saturated carbocycles. The van der Waals surface area contributed by atoms with E-state index in [0.717, 1.165) is 5.56 Å². The van der Waals surface area contributed by atoms with Gasteiger partial charge in [-0.15, -0.1) is 0 Å². The van der Waals surface area contributed by atoms with Crippen LogP contribution in [0.3, 0.4) is 0 Å². The summed E-state index contributed by atoms with van der Waals surface area (Å²) in [5.74, 6) is -1.33. The molecular formula is C14H13NO5. The summed E-state index contributed by atoms with van der Waals surface area (Å²) in [7, 11) is 0. The van der Waals surface area contributed by atoms with E-state index >= 15 is 0 Å². The minimum atomic E-state index is -0.694. The van der Waals surface area contributed by atoms with E-state index in [1.165, 1.54) is 4.90 Å². The molecule has 0 N–H and O–H groups in total. The summed E-state index contributed by atoms with van der Waals surface area (Å²) < 4.78 is 9.76. The smallest absolute Gasteiger partial charge is 0.411 e. The first-order chi connectivity index (χ1) is 9.66. The Morgan fingerprint density at radius 3 is 2.35 bits per heavy atom. The van der Waals surface area contributed by atoms with Crippen molar-refractivity contribution < 1.29 is 23.9 Å². The fourth-order valence-electron chi connectivity index (χ4n) is 2.56. The first kappa shape index (κ1) is 12.7. The maximum absolute atomic E-state index is 12.1. The second-order valence-corrected chi connectivity index (χ2v) is 4.80. The second-order valence-electron chi connectivity index (χ2n) is 4.80. The molecular weight excluding hydrogens is 262 g/mol. The van der Waals surface area contributed by atoms with Crippen LogP contribution < -0.4 is 0 Å². The zero-order valence-electron chi connectivity index (χ0n) is 10.7. The molecule has 20 heavy (non-hydrogen) atoms. The van der Waals surface area contributed by atoms with Gasteiger partial charge in [0.15, 0.2) is 0 Å². The SMILES string of the molecule is O=C1OC(=O)C2CCC1N2C(=O)OCc1ccccc1. The van der Waals surface area contributed by atoms with Crippen molar-refractivity contribution in [3.63, 3.8) is 0 Å². The summed E-state index contributed by atoms with van der Waals surface area (Å²) in [6.45, 7) is 0.110. The van der Waals surface area contributed by atoms with Crippen LogP contribution in [0.4, 0.5) is 4.79 Å². The molecule has 1 aromatic carbocycles. The van der Waals surface area contributed by atoms with E-state index in [4.69, 9.17) is 4.74 Å². The fourth-order valence-corrected chi connectivity index (χ4v) is 2.56. The fraction of sp³-hybridized carbons (Fsp3) is 0.357. The Morgan fingerprint density at radius 1 is 1.15 bits per heavy atom. The number of carbonyl (C=O) groups is 3. The molecule has 2 fully saturated rings. The van der Waals surface area contributed by atoms with Crippen molar-refractivity contribution in [3.05, 3.63) is 35.9 Å². The molecule has 0 aliphatic carbocycles. The number of esters is 2. The highest BCUT2D eigenvalue weighted by Crippen LogP contribution is 2.31. The minimum absolute atomic E-state index is 0.110. The van der Waals surface area contributed by atoms with Crippen LogP contribution in [0.15, 0.2) is 30.3 Å². The van der Waals surface area contributed by atoms with E-state index in [-0.39, 0.29) is 6.61 Å². The van der Waals surface area contributed by atoms with Gasteiger partial charge in [0.05, 0.1) is 0 Å². The van der Waals surface area contributed by atoms with E-state index in [0.29, 0.717) is 12.8 Å². The third-order valence-electron chi connectivity index (χ3n) is 3.55. The van der Waals surface area contributed by atoms with Gasteiger partial charge in [-0.1, -0.05) is 30.3 Å². The summed E-state index contributed by atoms with van der Waals surface area (Å²) in [5.41, 5.74) is 0.846. The lowest BCUT2D eigenvalue weighted by molar-refractivity contribution is -0.171. The van der Waals surface area contributed by atoms with Crippen LogP contribution in [0.25, 0.3) is 0 Å². The molecule has 6 nitrogen and oxygen atoms in total. The van der Waals surface area contributed by atoms with Crippen LogP contribution in [-0.2, 0) is 25.7 Å². The quantitative estimate of drug-likeness (QED) is 0.599. The van der Waals surface area contributed by atoms with Crippen molar-refractivity contribution in [3.8, 4) is 0 Å². The molecule has 3 rings (SSSR count). The van der Waals surface area contributed by atoms with Crippen LogP contribution in [0, 0.1) is 0 Å². The molecule has 104 valence electrons. The number of rotatable bonds is 2. The Morgan fingerprint density at radius 2 is 1.75 bits per heavy atom. The van der Waals surface area contributed by atoms with Gasteiger partial charge in [0.2, 0.25) is 0 Å². The minimum Gasteiger partial charge on any atom is -0.445 e. The molecule has 1 amide bonds. The normalized spacial score (nSPS) is 24.5. The maximum Gasteiger partial charge on any atom is 0.411 e. The zero-order chi connectivity index (χ0) is 14.1. The van der Waals surface area contributed by atoms with Crippen molar-refractivity contribution in [2.24, 2.45) is 0 Å². The van der Waals surface area contributed by atoms with Gasteiger partial charge in [-0.05, 0) is 18.4 Å². The molecule has 2 aliphatic heterocycles. The lowest BCUT2D eigenvalue weighted by Crippen LogP contribution is -2.54. The van der Waals surface area contributed by atoms with Crippen molar-refractivity contribution in [2.75, 3.05) is 0 Å². The average molecular weight is 275 g/mol. The summed E-state index contributed by atoms with van der Waals surface area (Å²) in [6, 6.07) is 7.82. The van der Waals surface area contributed by atoms with E-state index in [2.05, 4.69) is 4.74 Å². The van der Waals surface area contributed by atoms with Gasteiger partial charge < -0.3 is 9.47 Å². The average Bonchev–Trinajstić information content (AvgIpc) is 2.84. The van der Waals surface area contributed by atoms with Crippen LogP contribution in [-0.4, -0.2) is 35.0 Å². The number of carbonyl (C=O) groups excluding carboxylic acids is 3. The van der Waals surface area contributed by atoms with Gasteiger partial charge in [-0.25, -0.2) is 14.4 Å². The standard InChI is InChI=1S/C14H13NO5/c16-12-10-6-7-11(13(17)20-12)15(10)14(18)19-8-9-4-2-1-3-5-9/h1-5,10-11H,6-8H2. The van der Waals surface area contributed by atoms with Crippen molar-refractivity contribution in [1.29, 1.82) is 0 Å². The van der Waals surface area contributed by atoms with E-state index < -0.39 is 30.1 Å². The molecule has 1 aromatic rings. The van der Waals surface area contributed by atoms with Crippen LogP contribution in [0.1, 0.15) is 18.4 Å². The van der Waals surface area contributed by atoms with Crippen LogP contribution in [0.5, 0.6) is 0 Å². The van der Waals surface area contributed by atoms with E-state index in [1.54, 1.807) is 0 Å². The highest BCUT2D eigenvalue weighted by Gasteiger charge is 2.51. The number of hydrogen-bond acceptors (Lipinski definition) is 5. The van der Waals surface area contributed by atoms with Gasteiger partial charge in [0.1, 0.15) is 18.7 Å². The Kier molecular flexibility index (Phi) is 3.14. The number of benzene rings is 1. The Bertz CT molecular complexity index is 534. The monoisotopic (exact) mass is 275 g/mol. The maximum atomic E-state index is 12.1. The molecule has 0 spiro atoms. The number of ether oxygens (including phenoxy) is 2. The van der Waals surface area contributed by atoms with Gasteiger partial charge in [-0.3, -0.25) is 4.90 Å². The summed E-state index contributed by atoms with van der Waals surface area (Å²) in [4.78, 5) is 36.4. The van der Waals surface area contributed by atoms with E-state index in [1.807, 2.05) is 30.3 Å². The van der Waals surface area contributed by atoms with Gasteiger partial charge in [0.25, 0.3) is 0 Å². The second kappa shape index (κ2) is 4.96. The molecule has 2 atom stereocenters. The molecule has 0 aromatic heterocycles. The Balaban J connectivity index is 1.68. The highest BCUT2D eigenvalue weighted by molar-refractivity contribution is 5.98. The van der Waals surface area contributed by atoms with E-state index in [9.17, 15) is 14.4 Å². The number of cyclic esters (lactones) is 2. The molecule has 2 heterocycles. The van der Waals surface area contributed by atoms with Gasteiger partial charge in [-0.2, -0.15) is 0 Å². The van der Waals surface area contributed by atoms with Gasteiger partial charge in [0, 0.05) is 0 Å². The molecule has 6 heteroatoms.